The monoisotopic (exact) mass is 254 g/mol. The summed E-state index contributed by atoms with van der Waals surface area (Å²) < 4.78 is 0. The molecule has 2 rings (SSSR count). The number of carboxylic acid groups (broad SMARTS) is 1. The number of aliphatic carboxylic acids is 1. The fourth-order valence-electron chi connectivity index (χ4n) is 1.65. The van der Waals surface area contributed by atoms with Crippen LogP contribution in [-0.4, -0.2) is 22.0 Å². The molecule has 1 aliphatic rings. The maximum atomic E-state index is 11.7. The average molecular weight is 255 g/mol. The summed E-state index contributed by atoms with van der Waals surface area (Å²) >= 11 is 5.86. The van der Waals surface area contributed by atoms with Crippen LogP contribution in [-0.2, 0) is 9.59 Å². The van der Waals surface area contributed by atoms with Gasteiger partial charge in [-0.1, -0.05) is 11.6 Å². The minimum absolute atomic E-state index is 0.214. The zero-order valence-corrected chi connectivity index (χ0v) is 9.86. The van der Waals surface area contributed by atoms with Crippen LogP contribution < -0.4 is 5.32 Å². The van der Waals surface area contributed by atoms with Crippen molar-refractivity contribution in [2.75, 3.05) is 5.32 Å². The van der Waals surface area contributed by atoms with E-state index in [1.807, 2.05) is 0 Å². The van der Waals surface area contributed by atoms with Crippen molar-refractivity contribution in [3.05, 3.63) is 23.0 Å². The molecule has 90 valence electrons. The Morgan fingerprint density at radius 2 is 2.24 bits per heavy atom. The number of carbonyl (C=O) groups excluding carboxylic acids is 1. The van der Waals surface area contributed by atoms with Gasteiger partial charge in [0.05, 0.1) is 17.5 Å². The number of nitrogens with one attached hydrogen (secondary N) is 1. The van der Waals surface area contributed by atoms with E-state index < -0.39 is 17.8 Å². The minimum atomic E-state index is -0.931. The van der Waals surface area contributed by atoms with E-state index in [2.05, 4.69) is 10.3 Å². The molecule has 17 heavy (non-hydrogen) atoms. The number of hydrogen-bond donors (Lipinski definition) is 2. The van der Waals surface area contributed by atoms with Crippen LogP contribution in [0.5, 0.6) is 0 Å². The quantitative estimate of drug-likeness (QED) is 0.805. The molecule has 5 nitrogen and oxygen atoms in total. The van der Waals surface area contributed by atoms with Crippen LogP contribution >= 0.6 is 11.6 Å². The molecule has 2 N–H and O–H groups in total. The highest BCUT2D eigenvalue weighted by atomic mass is 35.5. The van der Waals surface area contributed by atoms with Crippen molar-refractivity contribution < 1.29 is 14.7 Å². The Bertz CT molecular complexity index is 469. The lowest BCUT2D eigenvalue weighted by Crippen LogP contribution is -2.17. The Balaban J connectivity index is 2.07. The van der Waals surface area contributed by atoms with Gasteiger partial charge in [-0.05, 0) is 25.0 Å². The first-order chi connectivity index (χ1) is 8.00. The Hall–Kier alpha value is -1.62. The highest BCUT2D eigenvalue weighted by Crippen LogP contribution is 2.40. The Morgan fingerprint density at radius 1 is 1.53 bits per heavy atom. The summed E-state index contributed by atoms with van der Waals surface area (Å²) in [5.41, 5.74) is 1.25. The summed E-state index contributed by atoms with van der Waals surface area (Å²) in [7, 11) is 0. The molecule has 1 amide bonds. The van der Waals surface area contributed by atoms with E-state index in [-0.39, 0.29) is 11.1 Å². The highest BCUT2D eigenvalue weighted by molar-refractivity contribution is 6.32. The molecule has 0 aromatic carbocycles. The van der Waals surface area contributed by atoms with Crippen molar-refractivity contribution in [3.8, 4) is 0 Å². The fraction of sp³-hybridized carbons (Fsp3) is 0.364. The first-order valence-corrected chi connectivity index (χ1v) is 5.53. The largest absolute Gasteiger partial charge is 0.481 e. The summed E-state index contributed by atoms with van der Waals surface area (Å²) in [6.07, 6.45) is 1.93. The smallest absolute Gasteiger partial charge is 0.307 e. The van der Waals surface area contributed by atoms with Crippen LogP contribution in [0.2, 0.25) is 5.15 Å². The summed E-state index contributed by atoms with van der Waals surface area (Å²) in [6, 6.07) is 1.73. The van der Waals surface area contributed by atoms with Gasteiger partial charge in [-0.15, -0.1) is 0 Å². The number of carboxylic acids is 1. The van der Waals surface area contributed by atoms with Gasteiger partial charge in [-0.25, -0.2) is 4.98 Å². The maximum absolute atomic E-state index is 11.7. The van der Waals surface area contributed by atoms with E-state index in [1.165, 1.54) is 0 Å². The van der Waals surface area contributed by atoms with Gasteiger partial charge in [-0.2, -0.15) is 0 Å². The van der Waals surface area contributed by atoms with Gasteiger partial charge in [0, 0.05) is 6.20 Å². The molecule has 1 saturated carbocycles. The van der Waals surface area contributed by atoms with Gasteiger partial charge < -0.3 is 10.4 Å². The zero-order chi connectivity index (χ0) is 12.6. The van der Waals surface area contributed by atoms with E-state index in [0.717, 1.165) is 5.56 Å². The van der Waals surface area contributed by atoms with Crippen LogP contribution in [0.4, 0.5) is 5.69 Å². The van der Waals surface area contributed by atoms with Crippen LogP contribution in [0.25, 0.3) is 0 Å². The summed E-state index contributed by atoms with van der Waals surface area (Å²) in [5.74, 6) is -2.26. The predicted octanol–water partition coefficient (Wildman–Crippen LogP) is 1.70. The molecule has 2 atom stereocenters. The standard InChI is InChI=1S/C11H11ClN2O3/c1-5-2-3-13-9(12)8(5)14-10(15)6-4-7(6)11(16)17/h2-3,6-7H,4H2,1H3,(H,14,15)(H,16,17)/t6-,7+/m1/s1. The van der Waals surface area contributed by atoms with Gasteiger partial charge in [-0.3, -0.25) is 9.59 Å². The molecule has 0 saturated heterocycles. The van der Waals surface area contributed by atoms with Crippen molar-refractivity contribution in [2.45, 2.75) is 13.3 Å². The SMILES string of the molecule is Cc1ccnc(Cl)c1NC(=O)[C@@H]1C[C@@H]1C(=O)O. The number of pyridine rings is 1. The molecule has 1 aliphatic carbocycles. The third kappa shape index (κ3) is 2.39. The van der Waals surface area contributed by atoms with Crippen molar-refractivity contribution in [1.29, 1.82) is 0 Å². The normalized spacial score (nSPS) is 22.0. The Morgan fingerprint density at radius 3 is 2.76 bits per heavy atom. The number of rotatable bonds is 3. The number of halogens is 1. The van der Waals surface area contributed by atoms with Crippen LogP contribution in [0.3, 0.4) is 0 Å². The van der Waals surface area contributed by atoms with Gasteiger partial charge in [0.25, 0.3) is 0 Å². The highest BCUT2D eigenvalue weighted by Gasteiger charge is 2.48. The molecule has 0 radical (unpaired) electrons. The fourth-order valence-corrected chi connectivity index (χ4v) is 1.90. The molecule has 0 aliphatic heterocycles. The Labute approximate surface area is 103 Å². The van der Waals surface area contributed by atoms with Crippen molar-refractivity contribution in [1.82, 2.24) is 4.98 Å². The zero-order valence-electron chi connectivity index (χ0n) is 9.11. The average Bonchev–Trinajstić information content (AvgIpc) is 3.03. The first-order valence-electron chi connectivity index (χ1n) is 5.15. The van der Waals surface area contributed by atoms with E-state index in [0.29, 0.717) is 12.1 Å². The summed E-state index contributed by atoms with van der Waals surface area (Å²) in [5, 5.41) is 11.6. The number of anilines is 1. The number of carbonyl (C=O) groups is 2. The van der Waals surface area contributed by atoms with Crippen LogP contribution in [0, 0.1) is 18.8 Å². The minimum Gasteiger partial charge on any atom is -0.481 e. The third-order valence-corrected chi connectivity index (χ3v) is 3.09. The molecule has 1 fully saturated rings. The first kappa shape index (κ1) is 11.9. The third-order valence-electron chi connectivity index (χ3n) is 2.81. The second-order valence-corrected chi connectivity index (χ2v) is 4.43. The van der Waals surface area contributed by atoms with E-state index in [4.69, 9.17) is 16.7 Å². The van der Waals surface area contributed by atoms with E-state index >= 15 is 0 Å². The second-order valence-electron chi connectivity index (χ2n) is 4.07. The lowest BCUT2D eigenvalue weighted by atomic mass is 10.2. The van der Waals surface area contributed by atoms with Crippen molar-refractivity contribution >= 4 is 29.2 Å². The number of amides is 1. The lowest BCUT2D eigenvalue weighted by Gasteiger charge is -2.08. The second kappa shape index (κ2) is 4.33. The van der Waals surface area contributed by atoms with Gasteiger partial charge in [0.2, 0.25) is 5.91 Å². The van der Waals surface area contributed by atoms with E-state index in [9.17, 15) is 9.59 Å². The van der Waals surface area contributed by atoms with Gasteiger partial charge >= 0.3 is 5.97 Å². The molecule has 1 aromatic rings. The number of aryl methyl sites for hydroxylation is 1. The van der Waals surface area contributed by atoms with E-state index in [1.54, 1.807) is 19.2 Å². The molecule has 0 spiro atoms. The summed E-state index contributed by atoms with van der Waals surface area (Å²) in [6.45, 7) is 1.80. The predicted molar refractivity (Wildman–Crippen MR) is 61.8 cm³/mol. The number of aromatic nitrogens is 1. The van der Waals surface area contributed by atoms with Crippen molar-refractivity contribution in [3.63, 3.8) is 0 Å². The Kier molecular flexibility index (Phi) is 3.02. The van der Waals surface area contributed by atoms with Gasteiger partial charge in [0.15, 0.2) is 5.15 Å². The molecule has 1 aromatic heterocycles. The summed E-state index contributed by atoms with van der Waals surface area (Å²) in [4.78, 5) is 26.2. The van der Waals surface area contributed by atoms with Gasteiger partial charge in [0.1, 0.15) is 0 Å². The maximum Gasteiger partial charge on any atom is 0.307 e. The molecular formula is C11H11ClN2O3. The lowest BCUT2D eigenvalue weighted by molar-refractivity contribution is -0.139. The topological polar surface area (TPSA) is 79.3 Å². The van der Waals surface area contributed by atoms with Crippen LogP contribution in [0.1, 0.15) is 12.0 Å². The molecule has 6 heteroatoms. The number of hydrogen-bond acceptors (Lipinski definition) is 3. The molecular weight excluding hydrogens is 244 g/mol. The molecule has 0 unspecified atom stereocenters. The molecule has 1 heterocycles. The number of nitrogens with zero attached hydrogens (tertiary/aromatic N) is 1. The molecule has 0 bridgehead atoms. The van der Waals surface area contributed by atoms with Crippen molar-refractivity contribution in [2.24, 2.45) is 11.8 Å². The van der Waals surface area contributed by atoms with Crippen LogP contribution in [0.15, 0.2) is 12.3 Å².